The molecule has 0 aromatic heterocycles. The van der Waals surface area contributed by atoms with Crippen molar-refractivity contribution in [2.75, 3.05) is 20.1 Å². The molecule has 1 unspecified atom stereocenters. The highest BCUT2D eigenvalue weighted by molar-refractivity contribution is 5.26. The minimum Gasteiger partial charge on any atom is -0.306 e. The molecule has 2 N–H and O–H groups in total. The molecule has 0 aliphatic carbocycles. The molecule has 0 bridgehead atoms. The van der Waals surface area contributed by atoms with Crippen molar-refractivity contribution < 1.29 is 4.84 Å². The third-order valence-corrected chi connectivity index (χ3v) is 3.09. The zero-order valence-electron chi connectivity index (χ0n) is 9.15. The maximum absolute atomic E-state index is 5.03. The summed E-state index contributed by atoms with van der Waals surface area (Å²) in [6.07, 6.45) is 1.27. The molecule has 1 heterocycles. The van der Waals surface area contributed by atoms with Gasteiger partial charge in [-0.3, -0.25) is 4.84 Å². The van der Waals surface area contributed by atoms with Crippen molar-refractivity contribution >= 4 is 0 Å². The quantitative estimate of drug-likeness (QED) is 0.762. The first-order chi connectivity index (χ1) is 7.29. The molecule has 1 fully saturated rings. The summed E-state index contributed by atoms with van der Waals surface area (Å²) in [7, 11) is 2.18. The van der Waals surface area contributed by atoms with Gasteiger partial charge in [-0.15, -0.1) is 0 Å². The van der Waals surface area contributed by atoms with Crippen LogP contribution >= 0.6 is 0 Å². The summed E-state index contributed by atoms with van der Waals surface area (Å²) in [6.45, 7) is 2.87. The average molecular weight is 206 g/mol. The predicted molar refractivity (Wildman–Crippen MR) is 60.3 cm³/mol. The molecule has 82 valence electrons. The van der Waals surface area contributed by atoms with Crippen molar-refractivity contribution in [3.8, 4) is 0 Å². The Bertz CT molecular complexity index is 310. The van der Waals surface area contributed by atoms with E-state index in [9.17, 15) is 0 Å². The monoisotopic (exact) mass is 206 g/mol. The van der Waals surface area contributed by atoms with E-state index in [2.05, 4.69) is 41.1 Å². The van der Waals surface area contributed by atoms with E-state index in [1.54, 1.807) is 0 Å². The van der Waals surface area contributed by atoms with Crippen molar-refractivity contribution in [3.63, 3.8) is 0 Å². The first kappa shape index (κ1) is 10.6. The van der Waals surface area contributed by atoms with Crippen LogP contribution in [-0.4, -0.2) is 25.0 Å². The molecule has 1 aromatic rings. The maximum atomic E-state index is 5.03. The van der Waals surface area contributed by atoms with E-state index < -0.39 is 0 Å². The molecule has 1 aromatic carbocycles. The Morgan fingerprint density at radius 3 is 2.67 bits per heavy atom. The second-order valence-electron chi connectivity index (χ2n) is 4.30. The number of hydrogen-bond donors (Lipinski definition) is 1. The predicted octanol–water partition coefficient (Wildman–Crippen LogP) is 1.50. The Labute approximate surface area is 90.8 Å². The summed E-state index contributed by atoms with van der Waals surface area (Å²) in [4.78, 5) is 6.98. The van der Waals surface area contributed by atoms with E-state index in [1.165, 1.54) is 25.1 Å². The molecule has 1 aliphatic heterocycles. The van der Waals surface area contributed by atoms with Gasteiger partial charge in [0.05, 0.1) is 6.61 Å². The number of benzene rings is 1. The number of nitrogens with two attached hydrogens (primary N) is 1. The molecule has 1 aliphatic rings. The first-order valence-corrected chi connectivity index (χ1v) is 5.38. The van der Waals surface area contributed by atoms with Crippen LogP contribution < -0.4 is 5.90 Å². The normalized spacial score (nSPS) is 22.1. The van der Waals surface area contributed by atoms with Crippen molar-refractivity contribution in [3.05, 3.63) is 35.4 Å². The number of likely N-dealkylation sites (N-methyl/N-ethyl adjacent to an activating group) is 1. The SMILES string of the molecule is CN1CCC(c2ccc(CON)cc2)C1. The summed E-state index contributed by atoms with van der Waals surface area (Å²) >= 11 is 0. The van der Waals surface area contributed by atoms with Crippen molar-refractivity contribution in [1.82, 2.24) is 4.90 Å². The highest BCUT2D eigenvalue weighted by atomic mass is 16.6. The molecular weight excluding hydrogens is 188 g/mol. The third-order valence-electron chi connectivity index (χ3n) is 3.09. The molecule has 0 spiro atoms. The van der Waals surface area contributed by atoms with Gasteiger partial charge in [-0.2, -0.15) is 0 Å². The van der Waals surface area contributed by atoms with E-state index >= 15 is 0 Å². The Balaban J connectivity index is 2.03. The fourth-order valence-corrected chi connectivity index (χ4v) is 2.19. The van der Waals surface area contributed by atoms with Crippen molar-refractivity contribution in [1.29, 1.82) is 0 Å². The van der Waals surface area contributed by atoms with Crippen LogP contribution in [0.4, 0.5) is 0 Å². The number of nitrogens with zero attached hydrogens (tertiary/aromatic N) is 1. The van der Waals surface area contributed by atoms with Crippen LogP contribution in [0.1, 0.15) is 23.5 Å². The largest absolute Gasteiger partial charge is 0.306 e. The van der Waals surface area contributed by atoms with Crippen molar-refractivity contribution in [2.45, 2.75) is 18.9 Å². The van der Waals surface area contributed by atoms with Crippen LogP contribution in [0, 0.1) is 0 Å². The van der Waals surface area contributed by atoms with Gasteiger partial charge >= 0.3 is 0 Å². The number of likely N-dealkylation sites (tertiary alicyclic amines) is 1. The lowest BCUT2D eigenvalue weighted by Gasteiger charge is -2.11. The van der Waals surface area contributed by atoms with Gasteiger partial charge in [0.15, 0.2) is 0 Å². The second kappa shape index (κ2) is 4.75. The van der Waals surface area contributed by atoms with Crippen LogP contribution in [0.5, 0.6) is 0 Å². The first-order valence-electron chi connectivity index (χ1n) is 5.38. The standard InChI is InChI=1S/C12H18N2O/c1-14-7-6-12(8-14)11-4-2-10(3-5-11)9-15-13/h2-5,12H,6-9,13H2,1H3. The lowest BCUT2D eigenvalue weighted by Crippen LogP contribution is -2.13. The Morgan fingerprint density at radius 2 is 2.13 bits per heavy atom. The molecule has 2 rings (SSSR count). The zero-order chi connectivity index (χ0) is 10.7. The average Bonchev–Trinajstić information content (AvgIpc) is 2.67. The molecule has 15 heavy (non-hydrogen) atoms. The fraction of sp³-hybridized carbons (Fsp3) is 0.500. The summed E-state index contributed by atoms with van der Waals surface area (Å²) in [5, 5.41) is 0. The van der Waals surface area contributed by atoms with Crippen LogP contribution in [-0.2, 0) is 11.4 Å². The number of hydrogen-bond acceptors (Lipinski definition) is 3. The van der Waals surface area contributed by atoms with Gasteiger partial charge in [0.1, 0.15) is 0 Å². The summed E-state index contributed by atoms with van der Waals surface area (Å²) in [6, 6.07) is 8.58. The highest BCUT2D eigenvalue weighted by Crippen LogP contribution is 2.26. The Morgan fingerprint density at radius 1 is 1.40 bits per heavy atom. The molecule has 3 nitrogen and oxygen atoms in total. The van der Waals surface area contributed by atoms with Crippen LogP contribution in [0.15, 0.2) is 24.3 Å². The summed E-state index contributed by atoms with van der Waals surface area (Å²) in [5.41, 5.74) is 2.56. The van der Waals surface area contributed by atoms with Gasteiger partial charge in [0.2, 0.25) is 0 Å². The van der Waals surface area contributed by atoms with Crippen molar-refractivity contribution in [2.24, 2.45) is 5.90 Å². The van der Waals surface area contributed by atoms with Crippen LogP contribution in [0.25, 0.3) is 0 Å². The maximum Gasteiger partial charge on any atom is 0.0930 e. The molecule has 0 amide bonds. The van der Waals surface area contributed by atoms with Crippen LogP contribution in [0.3, 0.4) is 0 Å². The van der Waals surface area contributed by atoms with Gasteiger partial charge in [0, 0.05) is 6.54 Å². The molecule has 1 saturated heterocycles. The molecule has 0 saturated carbocycles. The zero-order valence-corrected chi connectivity index (χ0v) is 9.15. The van der Waals surface area contributed by atoms with Gasteiger partial charge in [0.25, 0.3) is 0 Å². The lowest BCUT2D eigenvalue weighted by molar-refractivity contribution is 0.124. The Kier molecular flexibility index (Phi) is 3.36. The van der Waals surface area contributed by atoms with E-state index in [0.29, 0.717) is 12.5 Å². The molecule has 0 radical (unpaired) electrons. The smallest absolute Gasteiger partial charge is 0.0930 e. The van der Waals surface area contributed by atoms with E-state index in [-0.39, 0.29) is 0 Å². The highest BCUT2D eigenvalue weighted by Gasteiger charge is 2.20. The third kappa shape index (κ3) is 2.56. The Hall–Kier alpha value is -0.900. The summed E-state index contributed by atoms with van der Waals surface area (Å²) in [5.74, 6) is 5.73. The second-order valence-corrected chi connectivity index (χ2v) is 4.30. The molecule has 3 heteroatoms. The number of rotatable bonds is 3. The van der Waals surface area contributed by atoms with E-state index in [1.807, 2.05) is 0 Å². The van der Waals surface area contributed by atoms with Crippen LogP contribution in [0.2, 0.25) is 0 Å². The summed E-state index contributed by atoms with van der Waals surface area (Å²) < 4.78 is 0. The lowest BCUT2D eigenvalue weighted by atomic mass is 9.97. The van der Waals surface area contributed by atoms with Gasteiger partial charge in [-0.25, -0.2) is 5.90 Å². The van der Waals surface area contributed by atoms with Gasteiger partial charge < -0.3 is 4.90 Å². The van der Waals surface area contributed by atoms with Gasteiger partial charge in [-0.1, -0.05) is 24.3 Å². The molecular formula is C12H18N2O. The topological polar surface area (TPSA) is 38.5 Å². The van der Waals surface area contributed by atoms with E-state index in [0.717, 1.165) is 5.56 Å². The van der Waals surface area contributed by atoms with Gasteiger partial charge in [-0.05, 0) is 37.1 Å². The molecule has 1 atom stereocenters. The van der Waals surface area contributed by atoms with E-state index in [4.69, 9.17) is 5.90 Å². The fourth-order valence-electron chi connectivity index (χ4n) is 2.19. The minimum atomic E-state index is 0.491. The minimum absolute atomic E-state index is 0.491.